The van der Waals surface area contributed by atoms with Gasteiger partial charge < -0.3 is 20.7 Å². The number of benzene rings is 1. The van der Waals surface area contributed by atoms with E-state index in [9.17, 15) is 19.7 Å². The van der Waals surface area contributed by atoms with Gasteiger partial charge in [-0.3, -0.25) is 19.7 Å². The Hall–Kier alpha value is -2.98. The number of nitro benzene ring substituents is 1. The maximum absolute atomic E-state index is 12.4. The quantitative estimate of drug-likeness (QED) is 0.605. The number of rotatable bonds is 5. The van der Waals surface area contributed by atoms with E-state index in [-0.39, 0.29) is 16.8 Å². The van der Waals surface area contributed by atoms with Crippen molar-refractivity contribution in [2.24, 2.45) is 5.73 Å². The van der Waals surface area contributed by atoms with Crippen molar-refractivity contribution in [3.8, 4) is 0 Å². The highest BCUT2D eigenvalue weighted by Gasteiger charge is 2.24. The van der Waals surface area contributed by atoms with Crippen LogP contribution in [0.5, 0.6) is 0 Å². The van der Waals surface area contributed by atoms with Crippen LogP contribution in [-0.4, -0.2) is 43.0 Å². The second kappa shape index (κ2) is 7.50. The van der Waals surface area contributed by atoms with Gasteiger partial charge in [0, 0.05) is 24.7 Å². The number of carbonyl (C=O) groups excluding carboxylic acids is 2. The maximum Gasteiger partial charge on any atom is 0.293 e. The van der Waals surface area contributed by atoms with Crippen LogP contribution < -0.4 is 16.0 Å². The lowest BCUT2D eigenvalue weighted by Gasteiger charge is -2.28. The van der Waals surface area contributed by atoms with Gasteiger partial charge in [0.15, 0.2) is 0 Å². The van der Waals surface area contributed by atoms with Gasteiger partial charge in [0.2, 0.25) is 0 Å². The molecule has 1 aromatic carbocycles. The van der Waals surface area contributed by atoms with E-state index in [1.807, 2.05) is 4.90 Å². The summed E-state index contributed by atoms with van der Waals surface area (Å²) >= 11 is 1.15. The Morgan fingerprint density at radius 2 is 2.00 bits per heavy atom. The molecule has 1 saturated heterocycles. The van der Waals surface area contributed by atoms with Crippen LogP contribution in [0.2, 0.25) is 0 Å². The first-order chi connectivity index (χ1) is 12.5. The van der Waals surface area contributed by atoms with E-state index < -0.39 is 16.7 Å². The summed E-state index contributed by atoms with van der Waals surface area (Å²) in [5, 5.41) is 16.0. The van der Waals surface area contributed by atoms with Crippen LogP contribution in [-0.2, 0) is 4.74 Å². The second-order valence-corrected chi connectivity index (χ2v) is 6.46. The second-order valence-electron chi connectivity index (χ2n) is 5.54. The van der Waals surface area contributed by atoms with Crippen molar-refractivity contribution in [3.63, 3.8) is 0 Å². The maximum atomic E-state index is 12.4. The Labute approximate surface area is 152 Å². The van der Waals surface area contributed by atoms with Gasteiger partial charge in [-0.05, 0) is 23.6 Å². The Bertz CT molecular complexity index is 860. The minimum absolute atomic E-state index is 0.123. The molecule has 0 aliphatic carbocycles. The SMILES string of the molecule is NC(=O)c1ccsc1NC(=O)c1ccc(N2CCOCC2)c([N+](=O)[O-])c1. The van der Waals surface area contributed by atoms with Gasteiger partial charge in [0.1, 0.15) is 10.7 Å². The van der Waals surface area contributed by atoms with Gasteiger partial charge in [-0.15, -0.1) is 11.3 Å². The van der Waals surface area contributed by atoms with Crippen LogP contribution in [0.4, 0.5) is 16.4 Å². The molecule has 1 aliphatic rings. The number of hydrogen-bond acceptors (Lipinski definition) is 7. The van der Waals surface area contributed by atoms with Gasteiger partial charge >= 0.3 is 0 Å². The molecule has 0 atom stereocenters. The monoisotopic (exact) mass is 376 g/mol. The van der Waals surface area contributed by atoms with Gasteiger partial charge in [-0.1, -0.05) is 0 Å². The number of ether oxygens (including phenoxy) is 1. The zero-order valence-electron chi connectivity index (χ0n) is 13.6. The molecule has 3 rings (SSSR count). The molecule has 1 fully saturated rings. The van der Waals surface area contributed by atoms with Crippen molar-refractivity contribution in [2.75, 3.05) is 36.5 Å². The normalized spacial score (nSPS) is 14.1. The third-order valence-corrected chi connectivity index (χ3v) is 4.77. The van der Waals surface area contributed by atoms with Crippen molar-refractivity contribution in [3.05, 3.63) is 50.9 Å². The predicted molar refractivity (Wildman–Crippen MR) is 96.9 cm³/mol. The molecule has 9 nitrogen and oxygen atoms in total. The van der Waals surface area contributed by atoms with Crippen LogP contribution in [0.25, 0.3) is 0 Å². The number of anilines is 2. The largest absolute Gasteiger partial charge is 0.378 e. The molecule has 10 heteroatoms. The molecule has 0 saturated carbocycles. The van der Waals surface area contributed by atoms with E-state index in [0.29, 0.717) is 37.0 Å². The average molecular weight is 376 g/mol. The number of morpholine rings is 1. The molecule has 26 heavy (non-hydrogen) atoms. The molecule has 1 aromatic heterocycles. The van der Waals surface area contributed by atoms with Crippen LogP contribution in [0.15, 0.2) is 29.6 Å². The third-order valence-electron chi connectivity index (χ3n) is 3.94. The first-order valence-electron chi connectivity index (χ1n) is 7.77. The molecular weight excluding hydrogens is 360 g/mol. The summed E-state index contributed by atoms with van der Waals surface area (Å²) in [4.78, 5) is 36.6. The lowest BCUT2D eigenvalue weighted by molar-refractivity contribution is -0.384. The van der Waals surface area contributed by atoms with Gasteiger partial charge in [-0.25, -0.2) is 0 Å². The highest BCUT2D eigenvalue weighted by molar-refractivity contribution is 7.14. The molecule has 0 unspecified atom stereocenters. The highest BCUT2D eigenvalue weighted by atomic mass is 32.1. The van der Waals surface area contributed by atoms with Crippen LogP contribution in [0.1, 0.15) is 20.7 Å². The van der Waals surface area contributed by atoms with Crippen LogP contribution >= 0.6 is 11.3 Å². The molecule has 2 heterocycles. The van der Waals surface area contributed by atoms with Gasteiger partial charge in [0.25, 0.3) is 17.5 Å². The lowest BCUT2D eigenvalue weighted by Crippen LogP contribution is -2.36. The standard InChI is InChI=1S/C16H16N4O5S/c17-14(21)11-3-8-26-16(11)18-15(22)10-1-2-12(13(9-10)20(23)24)19-4-6-25-7-5-19/h1-3,8-9H,4-7H2,(H2,17,21)(H,18,22). The average Bonchev–Trinajstić information content (AvgIpc) is 3.10. The Morgan fingerprint density at radius 1 is 1.27 bits per heavy atom. The first kappa shape index (κ1) is 17.8. The minimum Gasteiger partial charge on any atom is -0.378 e. The Kier molecular flexibility index (Phi) is 5.14. The Balaban J connectivity index is 1.86. The number of primary amides is 1. The van der Waals surface area contributed by atoms with E-state index in [1.165, 1.54) is 18.2 Å². The molecule has 0 radical (unpaired) electrons. The number of hydrogen-bond donors (Lipinski definition) is 2. The fraction of sp³-hybridized carbons (Fsp3) is 0.250. The van der Waals surface area contributed by atoms with E-state index >= 15 is 0 Å². The highest BCUT2D eigenvalue weighted by Crippen LogP contribution is 2.31. The summed E-state index contributed by atoms with van der Waals surface area (Å²) < 4.78 is 5.26. The van der Waals surface area contributed by atoms with E-state index in [2.05, 4.69) is 5.32 Å². The van der Waals surface area contributed by atoms with Crippen molar-refractivity contribution < 1.29 is 19.2 Å². The summed E-state index contributed by atoms with van der Waals surface area (Å²) in [6.45, 7) is 2.08. The molecule has 0 spiro atoms. The van der Waals surface area contributed by atoms with Crippen LogP contribution in [0.3, 0.4) is 0 Å². The smallest absolute Gasteiger partial charge is 0.293 e. The van der Waals surface area contributed by atoms with Gasteiger partial charge in [0.05, 0.1) is 23.7 Å². The molecule has 136 valence electrons. The molecular formula is C16H16N4O5S. The molecule has 2 aromatic rings. The first-order valence-corrected chi connectivity index (χ1v) is 8.65. The number of nitro groups is 1. The number of nitrogens with one attached hydrogen (secondary N) is 1. The zero-order chi connectivity index (χ0) is 18.7. The summed E-state index contributed by atoms with van der Waals surface area (Å²) in [6, 6.07) is 5.82. The number of nitrogens with two attached hydrogens (primary N) is 1. The van der Waals surface area contributed by atoms with Crippen molar-refractivity contribution in [1.29, 1.82) is 0 Å². The summed E-state index contributed by atoms with van der Waals surface area (Å²) in [6.07, 6.45) is 0. The number of carbonyl (C=O) groups is 2. The minimum atomic E-state index is -0.657. The molecule has 1 aliphatic heterocycles. The molecule has 0 bridgehead atoms. The number of amides is 2. The third kappa shape index (κ3) is 3.65. The topological polar surface area (TPSA) is 128 Å². The zero-order valence-corrected chi connectivity index (χ0v) is 14.5. The number of nitrogens with zero attached hydrogens (tertiary/aromatic N) is 2. The fourth-order valence-electron chi connectivity index (χ4n) is 2.66. The van der Waals surface area contributed by atoms with Crippen molar-refractivity contribution >= 4 is 39.5 Å². The van der Waals surface area contributed by atoms with E-state index in [4.69, 9.17) is 10.5 Å². The van der Waals surface area contributed by atoms with Crippen molar-refractivity contribution in [2.45, 2.75) is 0 Å². The van der Waals surface area contributed by atoms with Crippen LogP contribution in [0, 0.1) is 10.1 Å². The van der Waals surface area contributed by atoms with E-state index in [1.54, 1.807) is 11.4 Å². The molecule has 3 N–H and O–H groups in total. The van der Waals surface area contributed by atoms with Gasteiger partial charge in [-0.2, -0.15) is 0 Å². The number of thiophene rings is 1. The molecule has 2 amide bonds. The fourth-order valence-corrected chi connectivity index (χ4v) is 3.45. The predicted octanol–water partition coefficient (Wildman–Crippen LogP) is 1.84. The summed E-state index contributed by atoms with van der Waals surface area (Å²) in [5.74, 6) is -1.21. The summed E-state index contributed by atoms with van der Waals surface area (Å²) in [7, 11) is 0. The summed E-state index contributed by atoms with van der Waals surface area (Å²) in [5.41, 5.74) is 5.87. The van der Waals surface area contributed by atoms with Crippen molar-refractivity contribution in [1.82, 2.24) is 0 Å². The van der Waals surface area contributed by atoms with E-state index in [0.717, 1.165) is 11.3 Å². The Morgan fingerprint density at radius 3 is 2.65 bits per heavy atom. The lowest BCUT2D eigenvalue weighted by atomic mass is 10.1.